The summed E-state index contributed by atoms with van der Waals surface area (Å²) in [5.74, 6) is -0.449. The number of ketones is 1. The number of furan rings is 1. The summed E-state index contributed by atoms with van der Waals surface area (Å²) >= 11 is 0. The molecule has 0 amide bonds. The van der Waals surface area contributed by atoms with Gasteiger partial charge in [0.15, 0.2) is 11.3 Å². The number of fused-ring (bicyclic) bond motifs is 1. The summed E-state index contributed by atoms with van der Waals surface area (Å²) in [5.41, 5.74) is 0.737. The van der Waals surface area contributed by atoms with Gasteiger partial charge in [-0.1, -0.05) is 42.5 Å². The van der Waals surface area contributed by atoms with Gasteiger partial charge in [0.1, 0.15) is 5.52 Å². The Morgan fingerprint density at radius 1 is 0.926 bits per heavy atom. The third kappa shape index (κ3) is 3.10. The highest BCUT2D eigenvalue weighted by Crippen LogP contribution is 2.38. The van der Waals surface area contributed by atoms with Crippen molar-refractivity contribution < 1.29 is 22.4 Å². The average molecular weight is 367 g/mol. The quantitative estimate of drug-likeness (QED) is 0.433. The fourth-order valence-electron chi connectivity index (χ4n) is 2.93. The number of nitrogens with zero attached hydrogens (tertiary/aromatic N) is 1. The molecule has 0 radical (unpaired) electrons. The molecule has 0 atom stereocenters. The number of alkyl halides is 3. The highest BCUT2D eigenvalue weighted by molar-refractivity contribution is 6.15. The van der Waals surface area contributed by atoms with Crippen LogP contribution in [0.1, 0.15) is 21.7 Å². The van der Waals surface area contributed by atoms with Crippen molar-refractivity contribution in [3.63, 3.8) is 0 Å². The molecule has 2 aromatic heterocycles. The molecule has 0 aliphatic heterocycles. The standard InChI is InChI=1S/C21H12F3NO2/c22-21(23,24)15-9-4-8-14(12-15)17-18-16(10-5-11-25-18)27-20(17)19(26)13-6-2-1-3-7-13/h1-12H. The molecule has 0 saturated carbocycles. The smallest absolute Gasteiger partial charge is 0.416 e. The lowest BCUT2D eigenvalue weighted by molar-refractivity contribution is -0.137. The second-order valence-electron chi connectivity index (χ2n) is 5.93. The van der Waals surface area contributed by atoms with Crippen LogP contribution in [0.25, 0.3) is 22.2 Å². The molecule has 4 rings (SSSR count). The van der Waals surface area contributed by atoms with E-state index in [0.29, 0.717) is 16.7 Å². The molecular weight excluding hydrogens is 355 g/mol. The lowest BCUT2D eigenvalue weighted by atomic mass is 9.98. The van der Waals surface area contributed by atoms with Crippen molar-refractivity contribution in [3.8, 4) is 11.1 Å². The second-order valence-corrected chi connectivity index (χ2v) is 5.93. The number of hydrogen-bond acceptors (Lipinski definition) is 3. The first kappa shape index (κ1) is 17.0. The van der Waals surface area contributed by atoms with Crippen molar-refractivity contribution in [1.82, 2.24) is 4.98 Å². The Morgan fingerprint density at radius 2 is 1.70 bits per heavy atom. The zero-order chi connectivity index (χ0) is 19.0. The van der Waals surface area contributed by atoms with Crippen molar-refractivity contribution in [1.29, 1.82) is 0 Å². The molecular formula is C21H12F3NO2. The third-order valence-electron chi connectivity index (χ3n) is 4.17. The fraction of sp³-hybridized carbons (Fsp3) is 0.0476. The van der Waals surface area contributed by atoms with Gasteiger partial charge in [-0.05, 0) is 29.8 Å². The van der Waals surface area contributed by atoms with E-state index in [1.54, 1.807) is 42.5 Å². The van der Waals surface area contributed by atoms with Crippen LogP contribution in [-0.2, 0) is 6.18 Å². The van der Waals surface area contributed by atoms with Crippen LogP contribution in [0.3, 0.4) is 0 Å². The summed E-state index contributed by atoms with van der Waals surface area (Å²) in [4.78, 5) is 17.2. The molecule has 4 aromatic rings. The first-order valence-electron chi connectivity index (χ1n) is 8.10. The maximum Gasteiger partial charge on any atom is 0.416 e. The van der Waals surface area contributed by atoms with Crippen LogP contribution >= 0.6 is 0 Å². The molecule has 0 fully saturated rings. The number of benzene rings is 2. The molecule has 0 saturated heterocycles. The Kier molecular flexibility index (Phi) is 4.03. The SMILES string of the molecule is O=C(c1ccccc1)c1oc2cccnc2c1-c1cccc(C(F)(F)F)c1. The molecule has 0 N–H and O–H groups in total. The van der Waals surface area contributed by atoms with E-state index in [1.165, 1.54) is 18.3 Å². The molecule has 134 valence electrons. The Morgan fingerprint density at radius 3 is 2.44 bits per heavy atom. The van der Waals surface area contributed by atoms with Gasteiger partial charge in [0.05, 0.1) is 11.1 Å². The van der Waals surface area contributed by atoms with E-state index in [1.807, 2.05) is 0 Å². The first-order chi connectivity index (χ1) is 12.9. The summed E-state index contributed by atoms with van der Waals surface area (Å²) < 4.78 is 45.1. The van der Waals surface area contributed by atoms with Gasteiger partial charge >= 0.3 is 6.18 Å². The number of carbonyl (C=O) groups excluding carboxylic acids is 1. The molecule has 0 bridgehead atoms. The van der Waals surface area contributed by atoms with Crippen molar-refractivity contribution in [3.05, 3.63) is 89.8 Å². The van der Waals surface area contributed by atoms with E-state index in [9.17, 15) is 18.0 Å². The Hall–Kier alpha value is -3.41. The average Bonchev–Trinajstić information content (AvgIpc) is 3.07. The van der Waals surface area contributed by atoms with Crippen LogP contribution in [0.2, 0.25) is 0 Å². The van der Waals surface area contributed by atoms with Gasteiger partial charge in [-0.25, -0.2) is 0 Å². The topological polar surface area (TPSA) is 43.1 Å². The van der Waals surface area contributed by atoms with E-state index in [-0.39, 0.29) is 16.9 Å². The molecule has 2 aromatic carbocycles. The minimum Gasteiger partial charge on any atom is -0.450 e. The van der Waals surface area contributed by atoms with Gasteiger partial charge in [0.25, 0.3) is 0 Å². The van der Waals surface area contributed by atoms with Crippen LogP contribution in [0, 0.1) is 0 Å². The van der Waals surface area contributed by atoms with E-state index < -0.39 is 17.5 Å². The maximum absolute atomic E-state index is 13.1. The van der Waals surface area contributed by atoms with Crippen molar-refractivity contribution >= 4 is 16.9 Å². The number of carbonyl (C=O) groups is 1. The third-order valence-corrected chi connectivity index (χ3v) is 4.17. The first-order valence-corrected chi connectivity index (χ1v) is 8.10. The normalized spacial score (nSPS) is 11.7. The molecule has 0 aliphatic carbocycles. The van der Waals surface area contributed by atoms with Crippen LogP contribution in [0.4, 0.5) is 13.2 Å². The molecule has 0 spiro atoms. The van der Waals surface area contributed by atoms with Crippen molar-refractivity contribution in [2.45, 2.75) is 6.18 Å². The fourth-order valence-corrected chi connectivity index (χ4v) is 2.93. The van der Waals surface area contributed by atoms with Crippen molar-refractivity contribution in [2.24, 2.45) is 0 Å². The zero-order valence-corrected chi connectivity index (χ0v) is 13.8. The zero-order valence-electron chi connectivity index (χ0n) is 13.8. The highest BCUT2D eigenvalue weighted by Gasteiger charge is 2.31. The number of aromatic nitrogens is 1. The van der Waals surface area contributed by atoms with Crippen LogP contribution < -0.4 is 0 Å². The number of hydrogen-bond donors (Lipinski definition) is 0. The van der Waals surface area contributed by atoms with Crippen molar-refractivity contribution in [2.75, 3.05) is 0 Å². The predicted molar refractivity (Wildman–Crippen MR) is 94.3 cm³/mol. The second kappa shape index (κ2) is 6.39. The Balaban J connectivity index is 1.96. The molecule has 6 heteroatoms. The van der Waals surface area contributed by atoms with Gasteiger partial charge in [-0.15, -0.1) is 0 Å². The van der Waals surface area contributed by atoms with Crippen LogP contribution in [0.15, 0.2) is 77.3 Å². The minimum atomic E-state index is -4.49. The summed E-state index contributed by atoms with van der Waals surface area (Å²) in [6.45, 7) is 0. The van der Waals surface area contributed by atoms with Gasteiger partial charge in [0.2, 0.25) is 5.78 Å². The Bertz CT molecular complexity index is 1130. The largest absolute Gasteiger partial charge is 0.450 e. The molecule has 0 aliphatic rings. The monoisotopic (exact) mass is 367 g/mol. The van der Waals surface area contributed by atoms with E-state index in [4.69, 9.17) is 4.42 Å². The van der Waals surface area contributed by atoms with Crippen LogP contribution in [0.5, 0.6) is 0 Å². The lowest BCUT2D eigenvalue weighted by Gasteiger charge is -2.09. The predicted octanol–water partition coefficient (Wildman–Crippen LogP) is 5.74. The summed E-state index contributed by atoms with van der Waals surface area (Å²) in [6, 6.07) is 16.5. The highest BCUT2D eigenvalue weighted by atomic mass is 19.4. The maximum atomic E-state index is 13.1. The van der Waals surface area contributed by atoms with Gasteiger partial charge in [0, 0.05) is 11.8 Å². The van der Waals surface area contributed by atoms with Crippen LogP contribution in [-0.4, -0.2) is 10.8 Å². The number of rotatable bonds is 3. The number of pyridine rings is 1. The lowest BCUT2D eigenvalue weighted by Crippen LogP contribution is -2.05. The van der Waals surface area contributed by atoms with Gasteiger partial charge < -0.3 is 4.42 Å². The molecule has 27 heavy (non-hydrogen) atoms. The summed E-state index contributed by atoms with van der Waals surface area (Å²) in [6.07, 6.45) is -2.99. The van der Waals surface area contributed by atoms with Gasteiger partial charge in [-0.2, -0.15) is 13.2 Å². The molecule has 0 unspecified atom stereocenters. The minimum absolute atomic E-state index is 0.0331. The molecule has 2 heterocycles. The Labute approximate surface area is 152 Å². The van der Waals surface area contributed by atoms with E-state index in [0.717, 1.165) is 12.1 Å². The summed E-state index contributed by atoms with van der Waals surface area (Å²) in [5, 5.41) is 0. The molecule has 3 nitrogen and oxygen atoms in total. The number of halogens is 3. The summed E-state index contributed by atoms with van der Waals surface area (Å²) in [7, 11) is 0. The van der Waals surface area contributed by atoms with E-state index in [2.05, 4.69) is 4.98 Å². The van der Waals surface area contributed by atoms with Gasteiger partial charge in [-0.3, -0.25) is 9.78 Å². The van der Waals surface area contributed by atoms with E-state index >= 15 is 0 Å².